The molecule has 0 bridgehead atoms. The van der Waals surface area contributed by atoms with Crippen molar-refractivity contribution in [2.75, 3.05) is 18.0 Å². The number of hydrogen-bond donors (Lipinski definition) is 2. The lowest BCUT2D eigenvalue weighted by molar-refractivity contribution is 0.0268. The van der Waals surface area contributed by atoms with Crippen LogP contribution in [0.1, 0.15) is 36.0 Å². The molecule has 1 amide bonds. The third-order valence-corrected chi connectivity index (χ3v) is 4.55. The van der Waals surface area contributed by atoms with Gasteiger partial charge in [-0.2, -0.15) is 0 Å². The van der Waals surface area contributed by atoms with Crippen LogP contribution in [0, 0.1) is 0 Å². The van der Waals surface area contributed by atoms with Crippen LogP contribution in [-0.4, -0.2) is 49.8 Å². The highest BCUT2D eigenvalue weighted by Crippen LogP contribution is 2.24. The Labute approximate surface area is 131 Å². The van der Waals surface area contributed by atoms with Gasteiger partial charge >= 0.3 is 0 Å². The Kier molecular flexibility index (Phi) is 5.08. The van der Waals surface area contributed by atoms with Gasteiger partial charge < -0.3 is 10.0 Å². The molecule has 22 heavy (non-hydrogen) atoms. The number of likely N-dealkylation sites (N-methyl/N-ethyl adjacent to an activating group) is 1. The molecule has 2 N–H and O–H groups in total. The van der Waals surface area contributed by atoms with Crippen LogP contribution in [0.2, 0.25) is 0 Å². The number of nitrogens with zero attached hydrogens (tertiary/aromatic N) is 1. The molecule has 2 unspecified atom stereocenters. The van der Waals surface area contributed by atoms with E-state index in [-0.39, 0.29) is 11.9 Å². The van der Waals surface area contributed by atoms with Gasteiger partial charge in [0.05, 0.1) is 18.4 Å². The number of rotatable bonds is 4. The van der Waals surface area contributed by atoms with Crippen LogP contribution in [0.4, 0.5) is 5.69 Å². The first-order valence-corrected chi connectivity index (χ1v) is 9.20. The third kappa shape index (κ3) is 4.20. The number of aliphatic hydroxyl groups excluding tert-OH is 1. The number of carbonyl (C=O) groups is 1. The highest BCUT2D eigenvalue weighted by molar-refractivity contribution is 7.92. The third-order valence-electron chi connectivity index (χ3n) is 3.95. The Balaban J connectivity index is 2.08. The van der Waals surface area contributed by atoms with E-state index >= 15 is 0 Å². The lowest BCUT2D eigenvalue weighted by atomic mass is 9.91. The summed E-state index contributed by atoms with van der Waals surface area (Å²) in [5, 5.41) is 10.0. The molecule has 1 aliphatic carbocycles. The lowest BCUT2D eigenvalue weighted by Gasteiger charge is -2.35. The molecule has 1 aromatic carbocycles. The van der Waals surface area contributed by atoms with Gasteiger partial charge in [-0.3, -0.25) is 9.52 Å². The number of hydrogen-bond acceptors (Lipinski definition) is 4. The second kappa shape index (κ2) is 6.66. The number of carbonyl (C=O) groups excluding carboxylic acids is 1. The van der Waals surface area contributed by atoms with Crippen molar-refractivity contribution in [3.05, 3.63) is 29.8 Å². The average molecular weight is 326 g/mol. The summed E-state index contributed by atoms with van der Waals surface area (Å²) in [5.74, 6) is -0.170. The number of sulfonamides is 1. The van der Waals surface area contributed by atoms with E-state index in [0.717, 1.165) is 31.9 Å². The summed E-state index contributed by atoms with van der Waals surface area (Å²) in [4.78, 5) is 14.0. The Morgan fingerprint density at radius 2 is 1.82 bits per heavy atom. The van der Waals surface area contributed by atoms with Crippen LogP contribution >= 0.6 is 0 Å². The summed E-state index contributed by atoms with van der Waals surface area (Å²) in [6.07, 6.45) is 4.12. The Bertz CT molecular complexity index is 627. The predicted molar refractivity (Wildman–Crippen MR) is 85.3 cm³/mol. The van der Waals surface area contributed by atoms with E-state index < -0.39 is 16.1 Å². The first kappa shape index (κ1) is 16.8. The molecule has 6 nitrogen and oxygen atoms in total. The summed E-state index contributed by atoms with van der Waals surface area (Å²) in [6, 6.07) is 6.12. The topological polar surface area (TPSA) is 86.7 Å². The maximum Gasteiger partial charge on any atom is 0.253 e. The van der Waals surface area contributed by atoms with Crippen molar-refractivity contribution in [2.24, 2.45) is 0 Å². The number of aliphatic hydroxyl groups is 1. The van der Waals surface area contributed by atoms with Crippen LogP contribution < -0.4 is 4.72 Å². The molecular formula is C15H22N2O4S. The first-order valence-electron chi connectivity index (χ1n) is 7.31. The summed E-state index contributed by atoms with van der Waals surface area (Å²) >= 11 is 0. The Morgan fingerprint density at radius 3 is 2.36 bits per heavy atom. The molecule has 7 heteroatoms. The van der Waals surface area contributed by atoms with Gasteiger partial charge in [0.15, 0.2) is 0 Å². The SMILES string of the molecule is CN(C(=O)c1ccc(NS(C)(=O)=O)cc1)C1CCCCC1O. The quantitative estimate of drug-likeness (QED) is 0.876. The van der Waals surface area contributed by atoms with Crippen molar-refractivity contribution in [3.8, 4) is 0 Å². The number of nitrogens with one attached hydrogen (secondary N) is 1. The van der Waals surface area contributed by atoms with Crippen molar-refractivity contribution in [2.45, 2.75) is 37.8 Å². The molecule has 0 heterocycles. The largest absolute Gasteiger partial charge is 0.391 e. The van der Waals surface area contributed by atoms with E-state index in [2.05, 4.69) is 4.72 Å². The van der Waals surface area contributed by atoms with Gasteiger partial charge in [0, 0.05) is 18.3 Å². The molecule has 0 spiro atoms. The minimum atomic E-state index is -3.33. The minimum absolute atomic E-state index is 0.157. The number of anilines is 1. The van der Waals surface area contributed by atoms with Crippen molar-refractivity contribution >= 4 is 21.6 Å². The molecule has 1 aliphatic rings. The fourth-order valence-corrected chi connectivity index (χ4v) is 3.36. The zero-order chi connectivity index (χ0) is 16.3. The van der Waals surface area contributed by atoms with Crippen molar-refractivity contribution in [1.29, 1.82) is 0 Å². The van der Waals surface area contributed by atoms with Crippen molar-refractivity contribution < 1.29 is 18.3 Å². The van der Waals surface area contributed by atoms with E-state index in [9.17, 15) is 18.3 Å². The molecule has 0 saturated heterocycles. The van der Waals surface area contributed by atoms with Crippen LogP contribution in [0.25, 0.3) is 0 Å². The van der Waals surface area contributed by atoms with Crippen molar-refractivity contribution in [1.82, 2.24) is 4.90 Å². The van der Waals surface area contributed by atoms with E-state index in [1.807, 2.05) is 0 Å². The van der Waals surface area contributed by atoms with Gasteiger partial charge in [0.2, 0.25) is 10.0 Å². The Hall–Kier alpha value is -1.60. The van der Waals surface area contributed by atoms with Gasteiger partial charge in [0.25, 0.3) is 5.91 Å². The number of amides is 1. The first-order chi connectivity index (χ1) is 10.3. The average Bonchev–Trinajstić information content (AvgIpc) is 2.45. The molecule has 2 atom stereocenters. The van der Waals surface area contributed by atoms with Crippen LogP contribution in [0.3, 0.4) is 0 Å². The zero-order valence-electron chi connectivity index (χ0n) is 12.8. The van der Waals surface area contributed by atoms with Gasteiger partial charge in [-0.05, 0) is 37.1 Å². The molecule has 1 fully saturated rings. The van der Waals surface area contributed by atoms with Gasteiger partial charge in [-0.25, -0.2) is 8.42 Å². The molecule has 0 radical (unpaired) electrons. The second-order valence-corrected chi connectivity index (χ2v) is 7.54. The summed E-state index contributed by atoms with van der Waals surface area (Å²) < 4.78 is 24.7. The predicted octanol–water partition coefficient (Wildman–Crippen LogP) is 1.43. The maximum absolute atomic E-state index is 12.5. The monoisotopic (exact) mass is 326 g/mol. The highest BCUT2D eigenvalue weighted by atomic mass is 32.2. The van der Waals surface area contributed by atoms with E-state index in [4.69, 9.17) is 0 Å². The van der Waals surface area contributed by atoms with E-state index in [0.29, 0.717) is 11.3 Å². The Morgan fingerprint density at radius 1 is 1.23 bits per heavy atom. The summed E-state index contributed by atoms with van der Waals surface area (Å²) in [7, 11) is -1.63. The molecule has 0 aliphatic heterocycles. The van der Waals surface area contributed by atoms with Gasteiger partial charge in [-0.15, -0.1) is 0 Å². The molecule has 1 aromatic rings. The molecule has 0 aromatic heterocycles. The molecule has 122 valence electrons. The normalized spacial score (nSPS) is 22.1. The van der Waals surface area contributed by atoms with Crippen LogP contribution in [0.5, 0.6) is 0 Å². The van der Waals surface area contributed by atoms with Gasteiger partial charge in [0.1, 0.15) is 0 Å². The number of benzene rings is 1. The fourth-order valence-electron chi connectivity index (χ4n) is 2.79. The van der Waals surface area contributed by atoms with Gasteiger partial charge in [-0.1, -0.05) is 12.8 Å². The van der Waals surface area contributed by atoms with E-state index in [1.54, 1.807) is 36.2 Å². The standard InChI is InChI=1S/C15H22N2O4S/c1-17(13-5-3-4-6-14(13)18)15(19)11-7-9-12(10-8-11)16-22(2,20)21/h7-10,13-14,16,18H,3-6H2,1-2H3. The smallest absolute Gasteiger partial charge is 0.253 e. The molecular weight excluding hydrogens is 304 g/mol. The summed E-state index contributed by atoms with van der Waals surface area (Å²) in [5.41, 5.74) is 0.888. The van der Waals surface area contributed by atoms with Crippen LogP contribution in [0.15, 0.2) is 24.3 Å². The summed E-state index contributed by atoms with van der Waals surface area (Å²) in [6.45, 7) is 0. The molecule has 1 saturated carbocycles. The molecule has 2 rings (SSSR count). The fraction of sp³-hybridized carbons (Fsp3) is 0.533. The van der Waals surface area contributed by atoms with Crippen LogP contribution in [-0.2, 0) is 10.0 Å². The van der Waals surface area contributed by atoms with E-state index in [1.165, 1.54) is 0 Å². The maximum atomic E-state index is 12.5. The lowest BCUT2D eigenvalue weighted by Crippen LogP contribution is -2.46. The highest BCUT2D eigenvalue weighted by Gasteiger charge is 2.29. The minimum Gasteiger partial charge on any atom is -0.391 e. The van der Waals surface area contributed by atoms with Crippen molar-refractivity contribution in [3.63, 3.8) is 0 Å². The zero-order valence-corrected chi connectivity index (χ0v) is 13.6. The second-order valence-electron chi connectivity index (χ2n) is 5.79.